The third-order valence-electron chi connectivity index (χ3n) is 6.53. The molecule has 0 aliphatic carbocycles. The fraction of sp³-hybridized carbons (Fsp3) is 0.500. The van der Waals surface area contributed by atoms with E-state index < -0.39 is 16.1 Å². The Labute approximate surface area is 203 Å². The van der Waals surface area contributed by atoms with Crippen molar-refractivity contribution in [3.8, 4) is 0 Å². The van der Waals surface area contributed by atoms with E-state index in [9.17, 15) is 13.2 Å². The fourth-order valence-corrected chi connectivity index (χ4v) is 6.53. The number of rotatable bonds is 7. The molecule has 8 heteroatoms. The SMILES string of the molecule is Cc1ccc(S(=O)(=O)N2CCC[C@H]2C(=O)NCc2ccc(CN3CC(C)OC(C)C3)cc2)cc1. The zero-order chi connectivity index (χ0) is 24.3. The molecule has 1 amide bonds. The van der Waals surface area contributed by atoms with Crippen LogP contribution in [0.3, 0.4) is 0 Å². The molecule has 2 heterocycles. The van der Waals surface area contributed by atoms with Gasteiger partial charge in [-0.1, -0.05) is 42.0 Å². The molecule has 0 bridgehead atoms. The number of benzene rings is 2. The molecule has 2 fully saturated rings. The maximum Gasteiger partial charge on any atom is 0.243 e. The lowest BCUT2D eigenvalue weighted by Gasteiger charge is -2.35. The van der Waals surface area contributed by atoms with Crippen LogP contribution in [0.4, 0.5) is 0 Å². The Morgan fingerprint density at radius 3 is 2.26 bits per heavy atom. The molecule has 2 aromatic rings. The highest BCUT2D eigenvalue weighted by molar-refractivity contribution is 7.89. The number of nitrogens with zero attached hydrogens (tertiary/aromatic N) is 2. The minimum absolute atomic E-state index is 0.234. The highest BCUT2D eigenvalue weighted by Crippen LogP contribution is 2.26. The van der Waals surface area contributed by atoms with Crippen LogP contribution in [0.5, 0.6) is 0 Å². The van der Waals surface area contributed by atoms with Crippen molar-refractivity contribution in [1.82, 2.24) is 14.5 Å². The summed E-state index contributed by atoms with van der Waals surface area (Å²) in [5.74, 6) is -0.242. The summed E-state index contributed by atoms with van der Waals surface area (Å²) in [6, 6.07) is 14.3. The Kier molecular flexibility index (Phi) is 7.72. The van der Waals surface area contributed by atoms with Crippen LogP contribution in [0.2, 0.25) is 0 Å². The number of aryl methyl sites for hydroxylation is 1. The molecule has 184 valence electrons. The predicted octanol–water partition coefficient (Wildman–Crippen LogP) is 3.07. The average molecular weight is 486 g/mol. The highest BCUT2D eigenvalue weighted by Gasteiger charge is 2.39. The number of amides is 1. The largest absolute Gasteiger partial charge is 0.373 e. The van der Waals surface area contributed by atoms with Gasteiger partial charge in [-0.25, -0.2) is 8.42 Å². The fourth-order valence-electron chi connectivity index (χ4n) is 4.88. The van der Waals surface area contributed by atoms with E-state index in [-0.39, 0.29) is 23.0 Å². The van der Waals surface area contributed by atoms with E-state index in [1.807, 2.05) is 19.1 Å². The van der Waals surface area contributed by atoms with Crippen LogP contribution in [0.15, 0.2) is 53.4 Å². The average Bonchev–Trinajstić information content (AvgIpc) is 3.29. The Morgan fingerprint density at radius 2 is 1.62 bits per heavy atom. The van der Waals surface area contributed by atoms with Crippen LogP contribution in [0.1, 0.15) is 43.4 Å². The van der Waals surface area contributed by atoms with Crippen molar-refractivity contribution >= 4 is 15.9 Å². The number of sulfonamides is 1. The topological polar surface area (TPSA) is 79.0 Å². The third kappa shape index (κ3) is 5.86. The molecule has 0 saturated carbocycles. The van der Waals surface area contributed by atoms with Gasteiger partial charge in [-0.05, 0) is 56.9 Å². The van der Waals surface area contributed by atoms with Gasteiger partial charge in [0.15, 0.2) is 0 Å². The summed E-state index contributed by atoms with van der Waals surface area (Å²) in [4.78, 5) is 15.6. The normalized spacial score (nSPS) is 24.3. The second-order valence-electron chi connectivity index (χ2n) is 9.57. The van der Waals surface area contributed by atoms with Gasteiger partial charge < -0.3 is 10.1 Å². The first kappa shape index (κ1) is 24.9. The number of ether oxygens (including phenoxy) is 1. The van der Waals surface area contributed by atoms with E-state index >= 15 is 0 Å². The minimum Gasteiger partial charge on any atom is -0.373 e. The van der Waals surface area contributed by atoms with Crippen LogP contribution in [0.25, 0.3) is 0 Å². The Balaban J connectivity index is 1.33. The maximum atomic E-state index is 13.1. The predicted molar refractivity (Wildman–Crippen MR) is 132 cm³/mol. The van der Waals surface area contributed by atoms with Crippen molar-refractivity contribution in [3.63, 3.8) is 0 Å². The molecule has 0 spiro atoms. The summed E-state index contributed by atoms with van der Waals surface area (Å²) in [6.07, 6.45) is 1.69. The molecular formula is C26H35N3O4S. The van der Waals surface area contributed by atoms with E-state index in [2.05, 4.69) is 36.2 Å². The summed E-state index contributed by atoms with van der Waals surface area (Å²) in [5.41, 5.74) is 3.21. The molecular weight excluding hydrogens is 450 g/mol. The summed E-state index contributed by atoms with van der Waals surface area (Å²) < 4.78 is 33.4. The molecule has 0 radical (unpaired) electrons. The number of carbonyl (C=O) groups excluding carboxylic acids is 1. The van der Waals surface area contributed by atoms with Crippen LogP contribution < -0.4 is 5.32 Å². The quantitative estimate of drug-likeness (QED) is 0.652. The molecule has 3 atom stereocenters. The molecule has 2 unspecified atom stereocenters. The summed E-state index contributed by atoms with van der Waals surface area (Å²) in [5, 5.41) is 2.94. The first-order chi connectivity index (χ1) is 16.2. The van der Waals surface area contributed by atoms with Crippen molar-refractivity contribution in [2.75, 3.05) is 19.6 Å². The second kappa shape index (κ2) is 10.6. The van der Waals surface area contributed by atoms with Gasteiger partial charge >= 0.3 is 0 Å². The molecule has 0 aromatic heterocycles. The first-order valence-electron chi connectivity index (χ1n) is 12.0. The van der Waals surface area contributed by atoms with Gasteiger partial charge in [0.2, 0.25) is 15.9 Å². The van der Waals surface area contributed by atoms with Gasteiger partial charge in [-0.15, -0.1) is 0 Å². The van der Waals surface area contributed by atoms with Crippen molar-refractivity contribution < 1.29 is 17.9 Å². The summed E-state index contributed by atoms with van der Waals surface area (Å²) in [7, 11) is -3.70. The molecule has 34 heavy (non-hydrogen) atoms. The molecule has 7 nitrogen and oxygen atoms in total. The Hall–Kier alpha value is -2.26. The molecule has 2 aliphatic rings. The third-order valence-corrected chi connectivity index (χ3v) is 8.45. The molecule has 2 saturated heterocycles. The monoisotopic (exact) mass is 485 g/mol. The molecule has 2 aromatic carbocycles. The number of hydrogen-bond acceptors (Lipinski definition) is 5. The number of hydrogen-bond donors (Lipinski definition) is 1. The Morgan fingerprint density at radius 1 is 1.00 bits per heavy atom. The van der Waals surface area contributed by atoms with Crippen molar-refractivity contribution in [2.45, 2.75) is 69.8 Å². The zero-order valence-corrected chi connectivity index (χ0v) is 21.1. The lowest BCUT2D eigenvalue weighted by atomic mass is 10.1. The molecule has 4 rings (SSSR count). The van der Waals surface area contributed by atoms with Gasteiger partial charge in [0.1, 0.15) is 6.04 Å². The van der Waals surface area contributed by atoms with Gasteiger partial charge in [-0.2, -0.15) is 4.31 Å². The maximum absolute atomic E-state index is 13.1. The van der Waals surface area contributed by atoms with E-state index in [1.165, 1.54) is 9.87 Å². The van der Waals surface area contributed by atoms with Gasteiger partial charge in [0, 0.05) is 32.7 Å². The van der Waals surface area contributed by atoms with Crippen LogP contribution in [0, 0.1) is 6.92 Å². The summed E-state index contributed by atoms with van der Waals surface area (Å²) >= 11 is 0. The lowest BCUT2D eigenvalue weighted by Crippen LogP contribution is -2.45. The number of morpholine rings is 1. The lowest BCUT2D eigenvalue weighted by molar-refractivity contribution is -0.124. The van der Waals surface area contributed by atoms with Crippen molar-refractivity contribution in [2.24, 2.45) is 0 Å². The first-order valence-corrected chi connectivity index (χ1v) is 13.5. The van der Waals surface area contributed by atoms with Crippen molar-refractivity contribution in [1.29, 1.82) is 0 Å². The Bertz CT molecular complexity index is 1080. The van der Waals surface area contributed by atoms with Crippen LogP contribution in [-0.4, -0.2) is 61.4 Å². The second-order valence-corrected chi connectivity index (χ2v) is 11.5. The highest BCUT2D eigenvalue weighted by atomic mass is 32.2. The number of nitrogens with one attached hydrogen (secondary N) is 1. The molecule has 2 aliphatic heterocycles. The van der Waals surface area contributed by atoms with E-state index in [0.717, 1.165) is 30.8 Å². The van der Waals surface area contributed by atoms with E-state index in [1.54, 1.807) is 24.3 Å². The van der Waals surface area contributed by atoms with E-state index in [0.29, 0.717) is 25.9 Å². The van der Waals surface area contributed by atoms with Crippen LogP contribution in [-0.2, 0) is 32.6 Å². The van der Waals surface area contributed by atoms with E-state index in [4.69, 9.17) is 4.74 Å². The molecule has 1 N–H and O–H groups in total. The van der Waals surface area contributed by atoms with Gasteiger partial charge in [-0.3, -0.25) is 9.69 Å². The smallest absolute Gasteiger partial charge is 0.243 e. The minimum atomic E-state index is -3.70. The van der Waals surface area contributed by atoms with Crippen molar-refractivity contribution in [3.05, 3.63) is 65.2 Å². The standard InChI is InChI=1S/C26H35N3O4S/c1-19-6-12-24(13-7-19)34(31,32)29-14-4-5-25(29)26(30)27-15-22-8-10-23(11-9-22)18-28-16-20(2)33-21(3)17-28/h6-13,20-21,25H,4-5,14-18H2,1-3H3,(H,27,30)/t20?,21?,25-/m0/s1. The van der Waals surface area contributed by atoms with Gasteiger partial charge in [0.25, 0.3) is 0 Å². The summed E-state index contributed by atoms with van der Waals surface area (Å²) in [6.45, 7) is 9.58. The van der Waals surface area contributed by atoms with Crippen LogP contribution >= 0.6 is 0 Å². The van der Waals surface area contributed by atoms with Gasteiger partial charge in [0.05, 0.1) is 17.1 Å². The number of carbonyl (C=O) groups is 1. The zero-order valence-electron chi connectivity index (χ0n) is 20.2.